The van der Waals surface area contributed by atoms with Crippen LogP contribution in [0.4, 0.5) is 0 Å². The van der Waals surface area contributed by atoms with E-state index in [1.807, 2.05) is 0 Å². The van der Waals surface area contributed by atoms with Crippen molar-refractivity contribution in [2.75, 3.05) is 0 Å². The van der Waals surface area contributed by atoms with Gasteiger partial charge in [0.15, 0.2) is 0 Å². The predicted octanol–water partition coefficient (Wildman–Crippen LogP) is 3.42. The summed E-state index contributed by atoms with van der Waals surface area (Å²) in [4.78, 5) is 0.0556. The average Bonchev–Trinajstić information content (AvgIpc) is 2.37. The van der Waals surface area contributed by atoms with Gasteiger partial charge in [-0.15, -0.1) is 11.1 Å². The summed E-state index contributed by atoms with van der Waals surface area (Å²) >= 11 is 0. The van der Waals surface area contributed by atoms with E-state index in [-0.39, 0.29) is 42.5 Å². The first-order chi connectivity index (χ1) is 10.0. The van der Waals surface area contributed by atoms with Gasteiger partial charge in [0.05, 0.1) is 10.9 Å². The zero-order chi connectivity index (χ0) is 17.0. The summed E-state index contributed by atoms with van der Waals surface area (Å²) in [6.07, 6.45) is 0. The molecule has 0 atom stereocenters. The molecule has 0 saturated carbocycles. The Morgan fingerprint density at radius 2 is 1.22 bits per heavy atom. The topological polar surface area (TPSA) is 115 Å². The van der Waals surface area contributed by atoms with E-state index in [2.05, 4.69) is 12.1 Å². The van der Waals surface area contributed by atoms with Crippen molar-refractivity contribution in [2.24, 2.45) is 0 Å². The molecule has 0 unspecified atom stereocenters. The van der Waals surface area contributed by atoms with Crippen LogP contribution in [-0.2, 0) is 42.8 Å². The van der Waals surface area contributed by atoms with Crippen LogP contribution in [0.25, 0.3) is 0 Å². The Morgan fingerprint density at radius 1 is 0.826 bits per heavy atom. The minimum Gasteiger partial charge on any atom is -0.314 e. The number of hydrogen-bond acceptors (Lipinski definition) is 5. The minimum atomic E-state index is -4.06. The van der Waals surface area contributed by atoms with Crippen molar-refractivity contribution in [1.29, 1.82) is 0 Å². The molecular formula is C14H16O6S2Y-2. The van der Waals surface area contributed by atoms with Crippen molar-refractivity contribution < 1.29 is 59.3 Å². The molecule has 0 aromatic heterocycles. The summed E-state index contributed by atoms with van der Waals surface area (Å²) in [5.41, 5.74) is 1.16. The molecule has 0 bridgehead atoms. The van der Waals surface area contributed by atoms with Crippen LogP contribution in [0.1, 0.15) is 11.1 Å². The van der Waals surface area contributed by atoms with Gasteiger partial charge >= 0.3 is 0 Å². The van der Waals surface area contributed by atoms with Crippen molar-refractivity contribution in [1.82, 2.24) is 0 Å². The molecular weight excluding hydrogens is 417 g/mol. The van der Waals surface area contributed by atoms with Crippen LogP contribution in [0, 0.1) is 26.0 Å². The fraction of sp³-hybridized carbons (Fsp3) is 0.143. The SMILES string of the molecule is Cc1cc[c-]cc1S(=O)(=O)O.Cc1cc[c-]cc1S(O)(O)O.[Y]. The van der Waals surface area contributed by atoms with Gasteiger partial charge in [0.25, 0.3) is 0 Å². The summed E-state index contributed by atoms with van der Waals surface area (Å²) in [6, 6.07) is 14.3. The standard InChI is InChI=1S/C7H9O3S.C7H7O3S.Y/c2*1-6-4-2-3-5-7(6)11(8,9)10;/h2,4-5,8-10H,1H3;2,4-5H,1H3,(H,8,9,10);/q2*-1;. The van der Waals surface area contributed by atoms with Crippen molar-refractivity contribution >= 4 is 21.0 Å². The van der Waals surface area contributed by atoms with Gasteiger partial charge < -0.3 is 13.7 Å². The number of aryl methyl sites for hydroxylation is 2. The predicted molar refractivity (Wildman–Crippen MR) is 83.6 cm³/mol. The molecule has 125 valence electrons. The number of hydrogen-bond donors (Lipinski definition) is 4. The van der Waals surface area contributed by atoms with E-state index in [4.69, 9.17) is 18.2 Å². The van der Waals surface area contributed by atoms with E-state index in [0.717, 1.165) is 0 Å². The Bertz CT molecular complexity index is 741. The zero-order valence-corrected chi connectivity index (χ0v) is 16.9. The van der Waals surface area contributed by atoms with Crippen molar-refractivity contribution in [3.05, 3.63) is 59.7 Å². The van der Waals surface area contributed by atoms with Crippen LogP contribution >= 0.6 is 10.9 Å². The summed E-state index contributed by atoms with van der Waals surface area (Å²) < 4.78 is 56.3. The monoisotopic (exact) mass is 433 g/mol. The third-order valence-electron chi connectivity index (χ3n) is 2.64. The summed E-state index contributed by atoms with van der Waals surface area (Å²) in [5.74, 6) is 0. The van der Waals surface area contributed by atoms with Gasteiger partial charge in [-0.3, -0.25) is 4.55 Å². The van der Waals surface area contributed by atoms with Gasteiger partial charge in [0.1, 0.15) is 0 Å². The quantitative estimate of drug-likeness (QED) is 0.426. The summed E-state index contributed by atoms with van der Waals surface area (Å²) in [7, 11) is -7.63. The van der Waals surface area contributed by atoms with E-state index in [1.165, 1.54) is 12.1 Å². The first-order valence-corrected chi connectivity index (χ1v) is 8.89. The maximum absolute atomic E-state index is 10.6. The van der Waals surface area contributed by atoms with Gasteiger partial charge in [-0.1, -0.05) is 13.8 Å². The smallest absolute Gasteiger partial charge is 0.247 e. The van der Waals surface area contributed by atoms with E-state index < -0.39 is 21.0 Å². The first-order valence-electron chi connectivity index (χ1n) is 5.95. The third-order valence-corrected chi connectivity index (χ3v) is 4.66. The van der Waals surface area contributed by atoms with Gasteiger partial charge in [0.2, 0.25) is 10.1 Å². The Morgan fingerprint density at radius 3 is 1.43 bits per heavy atom. The van der Waals surface area contributed by atoms with Gasteiger partial charge in [0, 0.05) is 32.7 Å². The second-order valence-electron chi connectivity index (χ2n) is 4.38. The summed E-state index contributed by atoms with van der Waals surface area (Å²) in [6.45, 7) is 3.30. The Kier molecular flexibility index (Phi) is 9.11. The Labute approximate surface area is 162 Å². The molecule has 0 heterocycles. The molecule has 2 rings (SSSR count). The molecule has 0 fully saturated rings. The molecule has 1 radical (unpaired) electrons. The molecule has 4 N–H and O–H groups in total. The molecule has 9 heteroatoms. The van der Waals surface area contributed by atoms with E-state index in [9.17, 15) is 8.42 Å². The van der Waals surface area contributed by atoms with Crippen molar-refractivity contribution in [3.8, 4) is 0 Å². The second kappa shape index (κ2) is 9.24. The zero-order valence-electron chi connectivity index (χ0n) is 12.5. The molecule has 6 nitrogen and oxygen atoms in total. The second-order valence-corrected chi connectivity index (χ2v) is 7.24. The molecule has 2 aromatic carbocycles. The normalized spacial score (nSPS) is 11.7. The van der Waals surface area contributed by atoms with Crippen LogP contribution in [0.3, 0.4) is 0 Å². The maximum atomic E-state index is 10.6. The fourth-order valence-electron chi connectivity index (χ4n) is 1.56. The fourth-order valence-corrected chi connectivity index (χ4v) is 2.98. The summed E-state index contributed by atoms with van der Waals surface area (Å²) in [5, 5.41) is 0. The molecule has 0 aliphatic heterocycles. The van der Waals surface area contributed by atoms with Crippen LogP contribution in [0.2, 0.25) is 0 Å². The van der Waals surface area contributed by atoms with E-state index in [0.29, 0.717) is 11.1 Å². The maximum Gasteiger partial charge on any atom is 0.247 e. The first kappa shape index (κ1) is 22.7. The van der Waals surface area contributed by atoms with Crippen molar-refractivity contribution in [3.63, 3.8) is 0 Å². The molecule has 23 heavy (non-hydrogen) atoms. The van der Waals surface area contributed by atoms with E-state index in [1.54, 1.807) is 38.1 Å². The number of rotatable bonds is 2. The number of benzene rings is 2. The van der Waals surface area contributed by atoms with Crippen molar-refractivity contribution in [2.45, 2.75) is 23.6 Å². The van der Waals surface area contributed by atoms with E-state index >= 15 is 0 Å². The molecule has 0 saturated heterocycles. The molecule has 0 aliphatic rings. The van der Waals surface area contributed by atoms with Gasteiger partial charge in [-0.25, -0.2) is 8.42 Å². The third kappa shape index (κ3) is 7.40. The molecule has 0 spiro atoms. The molecule has 2 aromatic rings. The van der Waals surface area contributed by atoms with Crippen LogP contribution in [0.15, 0.2) is 46.2 Å². The molecule has 0 amide bonds. The van der Waals surface area contributed by atoms with Crippen LogP contribution in [-0.4, -0.2) is 26.6 Å². The van der Waals surface area contributed by atoms with Crippen LogP contribution in [0.5, 0.6) is 0 Å². The average molecular weight is 433 g/mol. The van der Waals surface area contributed by atoms with Gasteiger partial charge in [-0.05, 0) is 9.79 Å². The Hall–Kier alpha value is -0.316. The largest absolute Gasteiger partial charge is 0.314 e. The molecule has 0 aliphatic carbocycles. The van der Waals surface area contributed by atoms with Gasteiger partial charge in [-0.2, -0.15) is 48.5 Å². The van der Waals surface area contributed by atoms with Crippen LogP contribution < -0.4 is 0 Å². The Balaban J connectivity index is 0.000000403. The minimum absolute atomic E-state index is 0.